The Balaban J connectivity index is -0.0000000184. The van der Waals surface area contributed by atoms with E-state index in [1.165, 1.54) is 0 Å². The van der Waals surface area contributed by atoms with Crippen molar-refractivity contribution in [2.75, 3.05) is 0 Å². The zero-order chi connectivity index (χ0) is 10.7. The van der Waals surface area contributed by atoms with Crippen LogP contribution in [0.2, 0.25) is 0 Å². The van der Waals surface area contributed by atoms with Gasteiger partial charge in [-0.3, -0.25) is 0 Å². The van der Waals surface area contributed by atoms with E-state index in [0.717, 1.165) is 0 Å². The van der Waals surface area contributed by atoms with E-state index in [4.69, 9.17) is 45.0 Å². The Hall–Kier alpha value is 0.109. The zero-order valence-corrected chi connectivity index (χ0v) is 11.1. The molecule has 15 heavy (non-hydrogen) atoms. The van der Waals surface area contributed by atoms with E-state index in [-0.39, 0.29) is 71.9 Å². The maximum absolute atomic E-state index is 8.33. The summed E-state index contributed by atoms with van der Waals surface area (Å²) in [6.07, 6.45) is -7.00. The van der Waals surface area contributed by atoms with Crippen LogP contribution in [0.3, 0.4) is 0 Å². The molecule has 0 atom stereocenters. The Morgan fingerprint density at radius 3 is 0.600 bits per heavy atom. The Labute approximate surface area is 134 Å². The van der Waals surface area contributed by atoms with E-state index in [1.807, 2.05) is 0 Å². The van der Waals surface area contributed by atoms with Gasteiger partial charge in [0.15, 0.2) is 0 Å². The van der Waals surface area contributed by atoms with Gasteiger partial charge in [0.05, 0.1) is 0 Å². The third-order valence-corrected chi connectivity index (χ3v) is 0. The maximum atomic E-state index is 8.33. The molecule has 0 unspecified atom stereocenters. The molecule has 0 aromatic heterocycles. The smallest absolute Gasteiger partial charge is 0.652 e. The van der Waals surface area contributed by atoms with Crippen molar-refractivity contribution in [3.63, 3.8) is 0 Å². The Morgan fingerprint density at radius 1 is 0.600 bits per heavy atom. The van der Waals surface area contributed by atoms with Crippen LogP contribution in [0.5, 0.6) is 0 Å². The predicted octanol–water partition coefficient (Wildman–Crippen LogP) is -7.73. The molecule has 9 nitrogen and oxygen atoms in total. The van der Waals surface area contributed by atoms with Crippen LogP contribution in [0.4, 0.5) is 14.4 Å². The van der Waals surface area contributed by atoms with Gasteiger partial charge in [-0.15, -0.1) is 0 Å². The van der Waals surface area contributed by atoms with Crippen molar-refractivity contribution >= 4 is 56.2 Å². The van der Waals surface area contributed by atoms with Crippen LogP contribution in [0.1, 0.15) is 0 Å². The summed E-state index contributed by atoms with van der Waals surface area (Å²) in [6.45, 7) is 0. The van der Waals surface area contributed by atoms with Gasteiger partial charge in [0.25, 0.3) is 0 Å². The van der Waals surface area contributed by atoms with Crippen molar-refractivity contribution in [2.24, 2.45) is 0 Å². The summed E-state index contributed by atoms with van der Waals surface area (Å²) >= 11 is 0. The molecule has 1 radical (unpaired) electrons. The molecule has 0 saturated heterocycles. The second kappa shape index (κ2) is 29.2. The van der Waals surface area contributed by atoms with Crippen molar-refractivity contribution in [1.82, 2.24) is 0 Å². The van der Waals surface area contributed by atoms with Crippen molar-refractivity contribution in [3.8, 4) is 0 Å². The van der Waals surface area contributed by atoms with Gasteiger partial charge in [-0.2, -0.15) is 0 Å². The SMILES string of the molecule is O=C([O-])[O-].O=C([O-])[O-].O=C([O-])[O-].[Ca+2].[Fe+2].[Mn+2]. The average molecular weight is 331 g/mol. The fourth-order valence-electron chi connectivity index (χ4n) is 0. The van der Waals surface area contributed by atoms with Crippen LogP contribution >= 0.6 is 0 Å². The molecule has 0 aliphatic heterocycles. The first-order valence-electron chi connectivity index (χ1n) is 1.84. The van der Waals surface area contributed by atoms with Crippen molar-refractivity contribution < 1.29 is 79.2 Å². The summed E-state index contributed by atoms with van der Waals surface area (Å²) < 4.78 is 0. The van der Waals surface area contributed by atoms with E-state index in [9.17, 15) is 0 Å². The number of carbonyl (C=O) groups excluding carboxylic acids is 3. The Kier molecular flexibility index (Phi) is 70.6. The summed E-state index contributed by atoms with van der Waals surface area (Å²) in [4.78, 5) is 25.0. The van der Waals surface area contributed by atoms with Gasteiger partial charge in [-0.05, 0) is 18.5 Å². The van der Waals surface area contributed by atoms with Gasteiger partial charge in [0, 0.05) is 0 Å². The van der Waals surface area contributed by atoms with Crippen molar-refractivity contribution in [3.05, 3.63) is 0 Å². The van der Waals surface area contributed by atoms with Crippen LogP contribution in [-0.2, 0) is 34.1 Å². The average Bonchev–Trinajstić information content (AvgIpc) is 1.54. The second-order valence-electron chi connectivity index (χ2n) is 0.750. The predicted molar refractivity (Wildman–Crippen MR) is 21.9 cm³/mol. The molecule has 0 N–H and O–H groups in total. The second-order valence-corrected chi connectivity index (χ2v) is 0.750. The number of hydrogen-bond donors (Lipinski definition) is 0. The number of carboxylic acid groups (broad SMARTS) is 6. The Bertz CT molecular complexity index is 123. The summed E-state index contributed by atoms with van der Waals surface area (Å²) in [5.74, 6) is 0. The van der Waals surface area contributed by atoms with Crippen LogP contribution in [0.15, 0.2) is 0 Å². The van der Waals surface area contributed by atoms with Crippen LogP contribution in [-0.4, -0.2) is 56.2 Å². The molecule has 0 heterocycles. The minimum absolute atomic E-state index is 0. The van der Waals surface area contributed by atoms with Crippen LogP contribution < -0.4 is 30.6 Å². The molecule has 0 saturated carbocycles. The molecule has 0 aromatic rings. The van der Waals surface area contributed by atoms with Gasteiger partial charge in [0.1, 0.15) is 0 Å². The molecule has 0 aliphatic carbocycles. The molecule has 12 heteroatoms. The van der Waals surface area contributed by atoms with E-state index in [1.54, 1.807) is 0 Å². The summed E-state index contributed by atoms with van der Waals surface area (Å²) in [6, 6.07) is 0. The van der Waals surface area contributed by atoms with Gasteiger partial charge in [0.2, 0.25) is 0 Å². The summed E-state index contributed by atoms with van der Waals surface area (Å²) in [7, 11) is 0. The first-order valence-corrected chi connectivity index (χ1v) is 1.84. The first-order chi connectivity index (χ1) is 5.20. The van der Waals surface area contributed by atoms with Gasteiger partial charge in [-0.25, -0.2) is 0 Å². The third kappa shape index (κ3) is 175000. The molecule has 0 amide bonds. The number of rotatable bonds is 0. The molecular formula is C3CaFeMnO9. The number of carbonyl (C=O) groups is 3. The fraction of sp³-hybridized carbons (Fsp3) is 0. The first kappa shape index (κ1) is 36.2. The molecule has 0 rings (SSSR count). The zero-order valence-electron chi connectivity index (χ0n) is 6.61. The van der Waals surface area contributed by atoms with E-state index in [0.29, 0.717) is 0 Å². The summed E-state index contributed by atoms with van der Waals surface area (Å²) in [5.41, 5.74) is 0. The maximum Gasteiger partial charge on any atom is 2.00 e. The molecule has 0 aromatic carbocycles. The van der Waals surface area contributed by atoms with Gasteiger partial charge < -0.3 is 45.0 Å². The Morgan fingerprint density at radius 2 is 0.600 bits per heavy atom. The van der Waals surface area contributed by atoms with Crippen molar-refractivity contribution in [1.29, 1.82) is 0 Å². The minimum Gasteiger partial charge on any atom is -0.652 e. The fourth-order valence-corrected chi connectivity index (χ4v) is 0. The largest absolute Gasteiger partial charge is 2.00 e. The van der Waals surface area contributed by atoms with E-state index >= 15 is 0 Å². The van der Waals surface area contributed by atoms with E-state index < -0.39 is 18.5 Å². The van der Waals surface area contributed by atoms with Crippen molar-refractivity contribution in [2.45, 2.75) is 0 Å². The molecular weight excluding hydrogens is 331 g/mol. The standard InChI is InChI=1S/3CH2O3.Ca.Fe.Mn/c3*2-1(3)4;;;/h3*(H2,2,3,4);;;/q;;;3*+2/p-6. The van der Waals surface area contributed by atoms with Crippen LogP contribution in [0, 0.1) is 0 Å². The number of hydrogen-bond acceptors (Lipinski definition) is 9. The molecule has 0 bridgehead atoms. The van der Waals surface area contributed by atoms with Gasteiger partial charge >= 0.3 is 71.9 Å². The quantitative estimate of drug-likeness (QED) is 0.388. The van der Waals surface area contributed by atoms with E-state index in [2.05, 4.69) is 0 Å². The topological polar surface area (TPSA) is 190 Å². The van der Waals surface area contributed by atoms with Crippen LogP contribution in [0.25, 0.3) is 0 Å². The van der Waals surface area contributed by atoms with Gasteiger partial charge in [-0.1, -0.05) is 0 Å². The monoisotopic (exact) mass is 331 g/mol. The molecule has 0 fully saturated rings. The third-order valence-electron chi connectivity index (χ3n) is 0. The normalized spacial score (nSPS) is 4.80. The molecule has 0 aliphatic rings. The molecule has 83 valence electrons. The minimum atomic E-state index is -2.33. The summed E-state index contributed by atoms with van der Waals surface area (Å²) in [5, 5.41) is 50.0. The molecule has 0 spiro atoms.